The first-order valence-electron chi connectivity index (χ1n) is 9.08. The molecular formula is C18H35IN3O3+. The van der Waals surface area contributed by atoms with Crippen molar-refractivity contribution in [2.24, 2.45) is 0 Å². The number of halogens is 1. The summed E-state index contributed by atoms with van der Waals surface area (Å²) in [4.78, 5) is 18.0. The molecule has 2 heterocycles. The minimum Gasteiger partial charge on any atom is -0.351 e. The fraction of sp³-hybridized carbons (Fsp3) is 0.944. The van der Waals surface area contributed by atoms with E-state index in [9.17, 15) is 10.0 Å². The smallest absolute Gasteiger partial charge is 0.230 e. The molecule has 2 N–H and O–H groups in total. The van der Waals surface area contributed by atoms with E-state index in [0.717, 1.165) is 19.3 Å². The number of hydroxylamine groups is 6. The Hall–Kier alpha value is 0.0400. The molecule has 6 nitrogen and oxygen atoms in total. The average Bonchev–Trinajstić information content (AvgIpc) is 2.73. The van der Waals surface area contributed by atoms with E-state index >= 15 is 0 Å². The normalized spacial score (nSPS) is 31.8. The number of quaternary nitrogens is 1. The van der Waals surface area contributed by atoms with Crippen LogP contribution in [0.15, 0.2) is 0 Å². The third-order valence-electron chi connectivity index (χ3n) is 6.28. The summed E-state index contributed by atoms with van der Waals surface area (Å²) in [7, 11) is 0. The molecule has 146 valence electrons. The molecular weight excluding hydrogens is 433 g/mol. The summed E-state index contributed by atoms with van der Waals surface area (Å²) in [6.07, 6.45) is 2.55. The van der Waals surface area contributed by atoms with Crippen LogP contribution in [0.1, 0.15) is 74.7 Å². The molecule has 2 fully saturated rings. The van der Waals surface area contributed by atoms with Gasteiger partial charge >= 0.3 is 0 Å². The van der Waals surface area contributed by atoms with E-state index in [4.69, 9.17) is 4.94 Å². The first kappa shape index (κ1) is 21.3. The number of hydrogen-bond acceptors (Lipinski definition) is 4. The highest BCUT2D eigenvalue weighted by Crippen LogP contribution is 2.50. The number of carbonyl (C=O) groups is 1. The molecule has 7 heteroatoms. The van der Waals surface area contributed by atoms with Crippen molar-refractivity contribution in [3.63, 3.8) is 0 Å². The first-order chi connectivity index (χ1) is 11.1. The molecule has 2 saturated heterocycles. The Bertz CT molecular complexity index is 530. The second-order valence-electron chi connectivity index (χ2n) is 10.0. The molecule has 0 bridgehead atoms. The maximum absolute atomic E-state index is 12.0. The third kappa shape index (κ3) is 3.35. The summed E-state index contributed by atoms with van der Waals surface area (Å²) in [5.74, 6) is 0.0334. The molecule has 0 aliphatic carbocycles. The number of nitrogens with zero attached hydrogens (tertiary/aromatic N) is 2. The third-order valence-corrected chi connectivity index (χ3v) is 6.97. The maximum atomic E-state index is 12.0. The van der Waals surface area contributed by atoms with Crippen LogP contribution in [0.25, 0.3) is 0 Å². The molecule has 0 radical (unpaired) electrons. The van der Waals surface area contributed by atoms with E-state index in [0.29, 0.717) is 4.43 Å². The molecule has 1 amide bonds. The van der Waals surface area contributed by atoms with Crippen LogP contribution >= 0.6 is 22.6 Å². The molecule has 0 spiro atoms. The highest BCUT2D eigenvalue weighted by atomic mass is 127. The van der Waals surface area contributed by atoms with Gasteiger partial charge in [0.25, 0.3) is 0 Å². The number of nitrogens with one attached hydrogen (secondary N) is 1. The molecule has 0 aromatic carbocycles. The largest absolute Gasteiger partial charge is 0.351 e. The van der Waals surface area contributed by atoms with Gasteiger partial charge in [-0.3, -0.25) is 4.79 Å². The predicted molar refractivity (Wildman–Crippen MR) is 106 cm³/mol. The lowest BCUT2D eigenvalue weighted by molar-refractivity contribution is -1.31. The molecule has 0 aromatic heterocycles. The molecule has 25 heavy (non-hydrogen) atoms. The highest BCUT2D eigenvalue weighted by molar-refractivity contribution is 14.1. The van der Waals surface area contributed by atoms with Crippen molar-refractivity contribution in [2.45, 2.75) is 103 Å². The van der Waals surface area contributed by atoms with E-state index in [2.05, 4.69) is 55.6 Å². The minimum absolute atomic E-state index is 0.0334. The number of alkyl halides is 1. The topological polar surface area (TPSA) is 61.8 Å². The number of hydrogen-bond donors (Lipinski definition) is 2. The van der Waals surface area contributed by atoms with Crippen LogP contribution in [0, 0.1) is 0 Å². The van der Waals surface area contributed by atoms with E-state index < -0.39 is 21.4 Å². The van der Waals surface area contributed by atoms with Gasteiger partial charge in [0.15, 0.2) is 11.1 Å². The predicted octanol–water partition coefficient (Wildman–Crippen LogP) is 3.57. The standard InChI is InChI=1S/C18H34IN3O3/c1-15(2)11-13(20-14(23)12-19)18(7,8)21(15)25-22(24)16(3,4)9-10-17(22,5)6/h13,24H,9-12H2,1-8H3/p+1. The lowest BCUT2D eigenvalue weighted by Gasteiger charge is -2.48. The van der Waals surface area contributed by atoms with Gasteiger partial charge in [-0.15, -0.1) is 5.06 Å². The van der Waals surface area contributed by atoms with Gasteiger partial charge in [0.05, 0.1) is 16.0 Å². The summed E-state index contributed by atoms with van der Waals surface area (Å²) >= 11 is 2.08. The highest BCUT2D eigenvalue weighted by Gasteiger charge is 2.67. The Morgan fingerprint density at radius 2 is 1.64 bits per heavy atom. The lowest BCUT2D eigenvalue weighted by Crippen LogP contribution is -2.69. The summed E-state index contributed by atoms with van der Waals surface area (Å²) in [5, 5.41) is 16.6. The van der Waals surface area contributed by atoms with Gasteiger partial charge in [0.1, 0.15) is 0 Å². The summed E-state index contributed by atoms with van der Waals surface area (Å²) in [5.41, 5.74) is -1.55. The van der Waals surface area contributed by atoms with Gasteiger partial charge in [-0.05, 0) is 66.6 Å². The van der Waals surface area contributed by atoms with Crippen LogP contribution in [0.3, 0.4) is 0 Å². The summed E-state index contributed by atoms with van der Waals surface area (Å²) in [6.45, 7) is 16.5. The Morgan fingerprint density at radius 3 is 2.08 bits per heavy atom. The zero-order valence-electron chi connectivity index (χ0n) is 16.9. The van der Waals surface area contributed by atoms with Crippen molar-refractivity contribution < 1.29 is 19.7 Å². The fourth-order valence-electron chi connectivity index (χ4n) is 4.50. The number of rotatable bonds is 4. The molecule has 2 rings (SSSR count). The zero-order chi connectivity index (χ0) is 19.5. The van der Waals surface area contributed by atoms with E-state index in [1.807, 2.05) is 32.8 Å². The number of carbonyl (C=O) groups excluding carboxylic acids is 1. The first-order valence-corrected chi connectivity index (χ1v) is 10.6. The molecule has 0 aromatic rings. The van der Waals surface area contributed by atoms with Crippen LogP contribution in [0.4, 0.5) is 0 Å². The van der Waals surface area contributed by atoms with Crippen molar-refractivity contribution in [2.75, 3.05) is 4.43 Å². The Kier molecular flexibility index (Phi) is 5.37. The van der Waals surface area contributed by atoms with E-state index in [1.165, 1.54) is 0 Å². The van der Waals surface area contributed by atoms with Gasteiger partial charge < -0.3 is 5.32 Å². The SMILES string of the molecule is CC1(C)CC(NC(=O)CI)C(C)(C)N1O[N+]1(O)C(C)(C)CCC1(C)C. The quantitative estimate of drug-likeness (QED) is 0.376. The Balaban J connectivity index is 2.36. The summed E-state index contributed by atoms with van der Waals surface area (Å²) in [6, 6.07) is -0.0369. The van der Waals surface area contributed by atoms with Crippen molar-refractivity contribution in [1.29, 1.82) is 0 Å². The average molecular weight is 468 g/mol. The zero-order valence-corrected chi connectivity index (χ0v) is 19.1. The van der Waals surface area contributed by atoms with E-state index in [-0.39, 0.29) is 17.5 Å². The van der Waals surface area contributed by atoms with Crippen molar-refractivity contribution in [1.82, 2.24) is 10.4 Å². The van der Waals surface area contributed by atoms with Crippen molar-refractivity contribution >= 4 is 28.5 Å². The monoisotopic (exact) mass is 468 g/mol. The molecule has 2 aliphatic heterocycles. The maximum Gasteiger partial charge on any atom is 0.230 e. The van der Waals surface area contributed by atoms with Crippen molar-refractivity contribution in [3.8, 4) is 0 Å². The Labute approximate surface area is 165 Å². The van der Waals surface area contributed by atoms with E-state index in [1.54, 1.807) is 0 Å². The fourth-order valence-corrected chi connectivity index (χ4v) is 4.72. The molecule has 1 atom stereocenters. The number of amides is 1. The molecule has 2 aliphatic rings. The van der Waals surface area contributed by atoms with Crippen molar-refractivity contribution in [3.05, 3.63) is 0 Å². The second kappa shape index (κ2) is 6.29. The Morgan fingerprint density at radius 1 is 1.16 bits per heavy atom. The van der Waals surface area contributed by atoms with Gasteiger partial charge in [-0.25, -0.2) is 0 Å². The summed E-state index contributed by atoms with van der Waals surface area (Å²) < 4.78 is 0.436. The van der Waals surface area contributed by atoms with Crippen LogP contribution in [0.5, 0.6) is 0 Å². The van der Waals surface area contributed by atoms with Crippen LogP contribution in [-0.4, -0.2) is 53.6 Å². The molecule has 0 saturated carbocycles. The van der Waals surface area contributed by atoms with Crippen LogP contribution < -0.4 is 5.32 Å². The van der Waals surface area contributed by atoms with Crippen LogP contribution in [-0.2, 0) is 9.73 Å². The van der Waals surface area contributed by atoms with Gasteiger partial charge in [-0.1, -0.05) is 27.5 Å². The van der Waals surface area contributed by atoms with Gasteiger partial charge in [0.2, 0.25) is 5.91 Å². The lowest BCUT2D eigenvalue weighted by atomic mass is 9.94. The van der Waals surface area contributed by atoms with Crippen LogP contribution in [0.2, 0.25) is 0 Å². The minimum atomic E-state index is -0.445. The molecule has 1 unspecified atom stereocenters. The van der Waals surface area contributed by atoms with Gasteiger partial charge in [-0.2, -0.15) is 5.21 Å². The second-order valence-corrected chi connectivity index (χ2v) is 10.8. The van der Waals surface area contributed by atoms with Gasteiger partial charge in [0, 0.05) is 18.4 Å².